The Bertz CT molecular complexity index is 318. The Morgan fingerprint density at radius 1 is 1.16 bits per heavy atom. The van der Waals surface area contributed by atoms with E-state index in [1.807, 2.05) is 13.8 Å². The molecule has 110 valence electrons. The van der Waals surface area contributed by atoms with E-state index in [9.17, 15) is 14.4 Å². The molecule has 0 aromatic rings. The first kappa shape index (κ1) is 17.4. The van der Waals surface area contributed by atoms with Crippen molar-refractivity contribution in [2.24, 2.45) is 11.7 Å². The zero-order valence-electron chi connectivity index (χ0n) is 11.4. The Morgan fingerprint density at radius 3 is 2.32 bits per heavy atom. The van der Waals surface area contributed by atoms with Crippen molar-refractivity contribution in [3.05, 3.63) is 0 Å². The molecule has 0 saturated heterocycles. The summed E-state index contributed by atoms with van der Waals surface area (Å²) in [6.45, 7) is 3.94. The van der Waals surface area contributed by atoms with E-state index in [1.165, 1.54) is 0 Å². The van der Waals surface area contributed by atoms with E-state index in [1.54, 1.807) is 0 Å². The van der Waals surface area contributed by atoms with Crippen LogP contribution in [0.15, 0.2) is 0 Å². The van der Waals surface area contributed by atoms with Crippen molar-refractivity contribution in [3.8, 4) is 0 Å². The molecular formula is C12H23N3O4. The van der Waals surface area contributed by atoms with Crippen molar-refractivity contribution in [2.75, 3.05) is 13.1 Å². The molecule has 0 heterocycles. The minimum absolute atomic E-state index is 0.0130. The Hall–Kier alpha value is -1.63. The van der Waals surface area contributed by atoms with E-state index in [4.69, 9.17) is 10.8 Å². The van der Waals surface area contributed by atoms with Crippen LogP contribution in [0.5, 0.6) is 0 Å². The molecular weight excluding hydrogens is 250 g/mol. The molecule has 0 spiro atoms. The predicted molar refractivity (Wildman–Crippen MR) is 70.3 cm³/mol. The molecule has 0 aromatic carbocycles. The van der Waals surface area contributed by atoms with Crippen molar-refractivity contribution < 1.29 is 19.5 Å². The number of carbonyl (C=O) groups is 3. The van der Waals surface area contributed by atoms with E-state index in [0.717, 1.165) is 0 Å². The van der Waals surface area contributed by atoms with Gasteiger partial charge in [0.1, 0.15) is 0 Å². The van der Waals surface area contributed by atoms with Crippen LogP contribution in [0.1, 0.15) is 33.1 Å². The summed E-state index contributed by atoms with van der Waals surface area (Å²) in [6.07, 6.45) is 1.20. The third kappa shape index (κ3) is 9.01. The molecule has 0 unspecified atom stereocenters. The van der Waals surface area contributed by atoms with Gasteiger partial charge in [-0.05, 0) is 18.8 Å². The van der Waals surface area contributed by atoms with Crippen molar-refractivity contribution in [2.45, 2.75) is 39.2 Å². The Balaban J connectivity index is 3.65. The fourth-order valence-electron chi connectivity index (χ4n) is 1.28. The zero-order valence-corrected chi connectivity index (χ0v) is 11.4. The molecule has 1 atom stereocenters. The lowest BCUT2D eigenvalue weighted by Gasteiger charge is -2.15. The lowest BCUT2D eigenvalue weighted by molar-refractivity contribution is -0.137. The molecule has 0 bridgehead atoms. The number of carboxylic acids is 1. The minimum atomic E-state index is -0.846. The average molecular weight is 273 g/mol. The van der Waals surface area contributed by atoms with Crippen molar-refractivity contribution in [1.82, 2.24) is 10.6 Å². The van der Waals surface area contributed by atoms with Crippen molar-refractivity contribution >= 4 is 17.8 Å². The number of carbonyl (C=O) groups excluding carboxylic acids is 2. The van der Waals surface area contributed by atoms with Crippen LogP contribution >= 0.6 is 0 Å². The van der Waals surface area contributed by atoms with Crippen LogP contribution < -0.4 is 16.4 Å². The van der Waals surface area contributed by atoms with Gasteiger partial charge in [0.15, 0.2) is 0 Å². The van der Waals surface area contributed by atoms with Gasteiger partial charge in [0, 0.05) is 13.0 Å². The topological polar surface area (TPSA) is 122 Å². The normalized spacial score (nSPS) is 12.0. The first-order chi connectivity index (χ1) is 8.84. The Morgan fingerprint density at radius 2 is 1.79 bits per heavy atom. The van der Waals surface area contributed by atoms with E-state index in [2.05, 4.69) is 10.6 Å². The van der Waals surface area contributed by atoms with Gasteiger partial charge in [-0.3, -0.25) is 14.4 Å². The molecule has 0 saturated carbocycles. The molecule has 19 heavy (non-hydrogen) atoms. The zero-order chi connectivity index (χ0) is 14.8. The van der Waals surface area contributed by atoms with Crippen LogP contribution in [-0.2, 0) is 14.4 Å². The van der Waals surface area contributed by atoms with Gasteiger partial charge in [-0.15, -0.1) is 0 Å². The quantitative estimate of drug-likeness (QED) is 0.420. The second kappa shape index (κ2) is 9.32. The highest BCUT2D eigenvalue weighted by molar-refractivity contribution is 5.87. The van der Waals surface area contributed by atoms with Crippen LogP contribution in [0.25, 0.3) is 0 Å². The molecule has 7 heteroatoms. The highest BCUT2D eigenvalue weighted by Crippen LogP contribution is 1.97. The minimum Gasteiger partial charge on any atom is -0.481 e. The van der Waals surface area contributed by atoms with E-state index in [-0.39, 0.29) is 30.7 Å². The molecule has 0 aromatic heterocycles. The fraction of sp³-hybridized carbons (Fsp3) is 0.750. The molecule has 0 fully saturated rings. The van der Waals surface area contributed by atoms with E-state index in [0.29, 0.717) is 19.4 Å². The molecule has 2 amide bonds. The Labute approximate surface area is 112 Å². The third-order valence-electron chi connectivity index (χ3n) is 2.58. The lowest BCUT2D eigenvalue weighted by Crippen LogP contribution is -2.47. The van der Waals surface area contributed by atoms with Gasteiger partial charge in [0.2, 0.25) is 11.8 Å². The van der Waals surface area contributed by atoms with Gasteiger partial charge in [0.05, 0.1) is 12.6 Å². The standard InChI is InChI=1S/C12H23N3O4/c1-8(2)11(13)12(19)15-7-9(16)14-6-4-3-5-10(17)18/h8,11H,3-7,13H2,1-2H3,(H,14,16)(H,15,19)(H,17,18)/t11-/m0/s1. The van der Waals surface area contributed by atoms with Gasteiger partial charge in [0.25, 0.3) is 0 Å². The number of nitrogens with two attached hydrogens (primary N) is 1. The summed E-state index contributed by atoms with van der Waals surface area (Å²) < 4.78 is 0. The second-order valence-electron chi connectivity index (χ2n) is 4.69. The largest absolute Gasteiger partial charge is 0.481 e. The number of hydrogen-bond donors (Lipinski definition) is 4. The molecule has 0 rings (SSSR count). The molecule has 0 aliphatic rings. The summed E-state index contributed by atoms with van der Waals surface area (Å²) in [6, 6.07) is -0.622. The average Bonchev–Trinajstić information content (AvgIpc) is 2.33. The van der Waals surface area contributed by atoms with Gasteiger partial charge in [-0.2, -0.15) is 0 Å². The highest BCUT2D eigenvalue weighted by Gasteiger charge is 2.17. The number of aliphatic carboxylic acids is 1. The molecule has 0 aliphatic carbocycles. The maximum Gasteiger partial charge on any atom is 0.303 e. The smallest absolute Gasteiger partial charge is 0.303 e. The summed E-state index contributed by atoms with van der Waals surface area (Å²) >= 11 is 0. The predicted octanol–water partition coefficient (Wildman–Crippen LogP) is -0.543. The summed E-state index contributed by atoms with van der Waals surface area (Å²) in [4.78, 5) is 33.1. The van der Waals surface area contributed by atoms with Crippen LogP contribution in [0.3, 0.4) is 0 Å². The summed E-state index contributed by atoms with van der Waals surface area (Å²) in [5.41, 5.74) is 5.61. The second-order valence-corrected chi connectivity index (χ2v) is 4.69. The maximum absolute atomic E-state index is 11.5. The monoisotopic (exact) mass is 273 g/mol. The summed E-state index contributed by atoms with van der Waals surface area (Å²) in [5.74, 6) is -1.49. The van der Waals surface area contributed by atoms with Crippen LogP contribution in [0.4, 0.5) is 0 Å². The third-order valence-corrected chi connectivity index (χ3v) is 2.58. The van der Waals surface area contributed by atoms with Crippen LogP contribution in [0, 0.1) is 5.92 Å². The Kier molecular flexibility index (Phi) is 8.52. The first-order valence-electron chi connectivity index (χ1n) is 6.36. The van der Waals surface area contributed by atoms with Gasteiger partial charge in [-0.25, -0.2) is 0 Å². The van der Waals surface area contributed by atoms with Crippen molar-refractivity contribution in [1.29, 1.82) is 0 Å². The summed E-state index contributed by atoms with van der Waals surface area (Å²) in [7, 11) is 0. The number of unbranched alkanes of at least 4 members (excludes halogenated alkanes) is 1. The van der Waals surface area contributed by atoms with Crippen LogP contribution in [0.2, 0.25) is 0 Å². The number of amides is 2. The molecule has 0 radical (unpaired) electrons. The number of rotatable bonds is 9. The van der Waals surface area contributed by atoms with Gasteiger partial charge >= 0.3 is 5.97 Å². The highest BCUT2D eigenvalue weighted by atomic mass is 16.4. The summed E-state index contributed by atoms with van der Waals surface area (Å²) in [5, 5.41) is 13.5. The van der Waals surface area contributed by atoms with Crippen LogP contribution in [-0.4, -0.2) is 42.0 Å². The van der Waals surface area contributed by atoms with E-state index >= 15 is 0 Å². The van der Waals surface area contributed by atoms with Crippen molar-refractivity contribution in [3.63, 3.8) is 0 Å². The molecule has 5 N–H and O–H groups in total. The fourth-order valence-corrected chi connectivity index (χ4v) is 1.28. The maximum atomic E-state index is 11.5. The molecule has 7 nitrogen and oxygen atoms in total. The van der Waals surface area contributed by atoms with E-state index < -0.39 is 12.0 Å². The van der Waals surface area contributed by atoms with Gasteiger partial charge < -0.3 is 21.5 Å². The first-order valence-corrected chi connectivity index (χ1v) is 6.36. The van der Waals surface area contributed by atoms with Gasteiger partial charge in [-0.1, -0.05) is 13.8 Å². The number of carboxylic acid groups (broad SMARTS) is 1. The lowest BCUT2D eigenvalue weighted by atomic mass is 10.1. The number of nitrogens with one attached hydrogen (secondary N) is 2. The number of hydrogen-bond acceptors (Lipinski definition) is 4. The molecule has 0 aliphatic heterocycles. The SMILES string of the molecule is CC(C)[C@H](N)C(=O)NCC(=O)NCCCCC(=O)O.